The van der Waals surface area contributed by atoms with Crippen LogP contribution in [-0.4, -0.2) is 72.5 Å². The molecule has 1 amide bonds. The van der Waals surface area contributed by atoms with Gasteiger partial charge in [-0.15, -0.1) is 13.2 Å². The number of esters is 1. The lowest BCUT2D eigenvalue weighted by Gasteiger charge is -2.45. The number of halogens is 1. The Morgan fingerprint density at radius 3 is 2.74 bits per heavy atom. The van der Waals surface area contributed by atoms with Gasteiger partial charge in [-0.2, -0.15) is 0 Å². The molecule has 0 radical (unpaired) electrons. The Morgan fingerprint density at radius 1 is 1.19 bits per heavy atom. The number of carbonyl (C=O) groups excluding carboxylic acids is 2. The van der Waals surface area contributed by atoms with E-state index in [0.717, 1.165) is 55.7 Å². The molecule has 1 saturated carbocycles. The molecule has 2 aliphatic carbocycles. The van der Waals surface area contributed by atoms with Gasteiger partial charge >= 0.3 is 5.97 Å². The molecule has 2 aromatic carbocycles. The van der Waals surface area contributed by atoms with Gasteiger partial charge < -0.3 is 29.5 Å². The molecular formula is C38H47ClN2O6. The maximum atomic E-state index is 13.7. The van der Waals surface area contributed by atoms with Gasteiger partial charge in [-0.1, -0.05) is 35.9 Å². The Morgan fingerprint density at radius 2 is 2.02 bits per heavy atom. The number of hydrogen-bond donors (Lipinski definition) is 2. The average Bonchev–Trinajstić information content (AvgIpc) is 3.47. The smallest absolute Gasteiger partial charge is 0.343 e. The Balaban J connectivity index is 1.38. The van der Waals surface area contributed by atoms with Crippen molar-refractivity contribution in [3.8, 4) is 5.75 Å². The SMILES string of the molecule is C=CC[C@@H]1CCCN1C(=O)CC(O)(C(=O)OC)c1ccc2c(c1)N(C[C@@H]1CC[C@H]1C(O)C=C)C[C@@]1(CCCc3cc(Cl)ccc31)CO2. The van der Waals surface area contributed by atoms with Crippen LogP contribution in [0.2, 0.25) is 5.02 Å². The number of carbonyl (C=O) groups is 2. The summed E-state index contributed by atoms with van der Waals surface area (Å²) >= 11 is 6.43. The van der Waals surface area contributed by atoms with E-state index in [1.165, 1.54) is 18.2 Å². The molecule has 0 bridgehead atoms. The molecule has 252 valence electrons. The molecule has 6 rings (SSSR count). The van der Waals surface area contributed by atoms with Crippen LogP contribution in [-0.2, 0) is 31.8 Å². The fraction of sp³-hybridized carbons (Fsp3) is 0.526. The highest BCUT2D eigenvalue weighted by atomic mass is 35.5. The number of methoxy groups -OCH3 is 1. The van der Waals surface area contributed by atoms with Crippen LogP contribution in [0.1, 0.15) is 68.1 Å². The van der Waals surface area contributed by atoms with E-state index in [1.807, 2.05) is 6.07 Å². The molecule has 2 N–H and O–H groups in total. The molecule has 2 unspecified atom stereocenters. The predicted molar refractivity (Wildman–Crippen MR) is 183 cm³/mol. The number of fused-ring (bicyclic) bond motifs is 3. The lowest BCUT2D eigenvalue weighted by atomic mass is 9.68. The molecule has 1 saturated heterocycles. The topological polar surface area (TPSA) is 99.5 Å². The van der Waals surface area contributed by atoms with Crippen LogP contribution in [0.15, 0.2) is 61.7 Å². The first kappa shape index (κ1) is 33.6. The minimum atomic E-state index is -2.19. The Hall–Kier alpha value is -3.33. The maximum Gasteiger partial charge on any atom is 0.343 e. The summed E-state index contributed by atoms with van der Waals surface area (Å²) in [5.41, 5.74) is 1.01. The number of rotatable bonds is 10. The number of aryl methyl sites for hydroxylation is 1. The molecule has 0 aromatic heterocycles. The molecular weight excluding hydrogens is 616 g/mol. The second-order valence-electron chi connectivity index (χ2n) is 14.0. The fourth-order valence-corrected chi connectivity index (χ4v) is 8.68. The molecule has 8 nitrogen and oxygen atoms in total. The monoisotopic (exact) mass is 662 g/mol. The Kier molecular flexibility index (Phi) is 9.75. The Labute approximate surface area is 283 Å². The van der Waals surface area contributed by atoms with Crippen LogP contribution in [0.25, 0.3) is 0 Å². The van der Waals surface area contributed by atoms with E-state index < -0.39 is 24.1 Å². The normalized spacial score (nSPS) is 26.9. The zero-order chi connectivity index (χ0) is 33.3. The number of hydrogen-bond acceptors (Lipinski definition) is 7. The van der Waals surface area contributed by atoms with E-state index >= 15 is 0 Å². The van der Waals surface area contributed by atoms with E-state index in [1.54, 1.807) is 35.3 Å². The number of amides is 1. The number of ether oxygens (including phenoxy) is 2. The van der Waals surface area contributed by atoms with E-state index in [4.69, 9.17) is 21.1 Å². The number of nitrogens with zero attached hydrogens (tertiary/aromatic N) is 2. The summed E-state index contributed by atoms with van der Waals surface area (Å²) in [5.74, 6) is -0.200. The predicted octanol–water partition coefficient (Wildman–Crippen LogP) is 5.70. The van der Waals surface area contributed by atoms with Crippen molar-refractivity contribution in [2.45, 2.75) is 80.9 Å². The van der Waals surface area contributed by atoms with Crippen LogP contribution in [0, 0.1) is 11.8 Å². The van der Waals surface area contributed by atoms with E-state index in [0.29, 0.717) is 38.4 Å². The molecule has 2 heterocycles. The largest absolute Gasteiger partial charge is 0.490 e. The molecule has 2 aromatic rings. The summed E-state index contributed by atoms with van der Waals surface area (Å²) in [6.07, 6.45) is 9.58. The standard InChI is InChI=1S/C38H47ClN2O6/c1-4-8-29-10-7-18-41(29)35(43)21-38(45,36(44)46-3)27-12-16-34-32(20-27)40(22-26-11-14-30(26)33(42)5-2)23-37(24-47-34)17-6-9-25-19-28(39)13-15-31(25)37/h4-5,12-13,15-16,19-20,26,29-30,33,42,45H,1-2,6-11,14,17-18,21-24H2,3H3/t26-,29+,30+,33?,37-,38?/m0/s1. The summed E-state index contributed by atoms with van der Waals surface area (Å²) in [6.45, 7) is 10.0. The van der Waals surface area contributed by atoms with Gasteiger partial charge in [-0.3, -0.25) is 4.79 Å². The molecule has 47 heavy (non-hydrogen) atoms. The van der Waals surface area contributed by atoms with E-state index in [9.17, 15) is 19.8 Å². The fourth-order valence-electron chi connectivity index (χ4n) is 8.48. The highest BCUT2D eigenvalue weighted by Gasteiger charge is 2.47. The minimum Gasteiger partial charge on any atom is -0.490 e. The number of anilines is 1. The van der Waals surface area contributed by atoms with Crippen LogP contribution in [0.5, 0.6) is 5.75 Å². The van der Waals surface area contributed by atoms with Crippen LogP contribution in [0.4, 0.5) is 5.69 Å². The Bertz CT molecular complexity index is 1530. The van der Waals surface area contributed by atoms with Crippen molar-refractivity contribution in [1.29, 1.82) is 0 Å². The van der Waals surface area contributed by atoms with Crippen molar-refractivity contribution >= 4 is 29.2 Å². The maximum absolute atomic E-state index is 13.7. The van der Waals surface area contributed by atoms with Gasteiger partial charge in [-0.05, 0) is 104 Å². The third-order valence-corrected chi connectivity index (χ3v) is 11.4. The molecule has 6 atom stereocenters. The second kappa shape index (κ2) is 13.7. The zero-order valence-electron chi connectivity index (χ0n) is 27.3. The lowest BCUT2D eigenvalue weighted by molar-refractivity contribution is -0.168. The van der Waals surface area contributed by atoms with Crippen LogP contribution >= 0.6 is 11.6 Å². The number of likely N-dealkylation sites (tertiary alicyclic amines) is 1. The van der Waals surface area contributed by atoms with Crippen molar-refractivity contribution < 1.29 is 29.3 Å². The summed E-state index contributed by atoms with van der Waals surface area (Å²) in [5, 5.41) is 23.5. The van der Waals surface area contributed by atoms with Crippen LogP contribution in [0.3, 0.4) is 0 Å². The molecule has 4 aliphatic rings. The minimum absolute atomic E-state index is 0.00335. The van der Waals surface area contributed by atoms with Crippen molar-refractivity contribution in [3.05, 3.63) is 83.4 Å². The zero-order valence-corrected chi connectivity index (χ0v) is 28.1. The molecule has 2 fully saturated rings. The first-order valence-corrected chi connectivity index (χ1v) is 17.3. The first-order valence-electron chi connectivity index (χ1n) is 17.0. The number of aliphatic hydroxyl groups excluding tert-OH is 1. The van der Waals surface area contributed by atoms with Crippen molar-refractivity contribution in [3.63, 3.8) is 0 Å². The third-order valence-electron chi connectivity index (χ3n) is 11.2. The highest BCUT2D eigenvalue weighted by molar-refractivity contribution is 6.30. The number of aliphatic hydroxyl groups is 2. The van der Waals surface area contributed by atoms with Crippen LogP contribution < -0.4 is 9.64 Å². The van der Waals surface area contributed by atoms with Crippen molar-refractivity contribution in [2.24, 2.45) is 11.8 Å². The average molecular weight is 663 g/mol. The van der Waals surface area contributed by atoms with Gasteiger partial charge in [0, 0.05) is 36.1 Å². The summed E-state index contributed by atoms with van der Waals surface area (Å²) in [6, 6.07) is 11.4. The van der Waals surface area contributed by atoms with E-state index in [-0.39, 0.29) is 34.8 Å². The number of benzene rings is 2. The first-order chi connectivity index (χ1) is 22.6. The van der Waals surface area contributed by atoms with Crippen molar-refractivity contribution in [2.75, 3.05) is 38.3 Å². The molecule has 2 aliphatic heterocycles. The highest BCUT2D eigenvalue weighted by Crippen LogP contribution is 2.47. The summed E-state index contributed by atoms with van der Waals surface area (Å²) in [7, 11) is 1.23. The van der Waals surface area contributed by atoms with Gasteiger partial charge in [0.05, 0.1) is 31.9 Å². The summed E-state index contributed by atoms with van der Waals surface area (Å²) in [4.78, 5) is 31.1. The molecule has 9 heteroatoms. The molecule has 1 spiro atoms. The van der Waals surface area contributed by atoms with Crippen molar-refractivity contribution in [1.82, 2.24) is 4.90 Å². The van der Waals surface area contributed by atoms with Gasteiger partial charge in [0.2, 0.25) is 5.91 Å². The lowest BCUT2D eigenvalue weighted by Crippen LogP contribution is -2.49. The van der Waals surface area contributed by atoms with Gasteiger partial charge in [-0.25, -0.2) is 4.79 Å². The van der Waals surface area contributed by atoms with Gasteiger partial charge in [0.1, 0.15) is 5.75 Å². The third kappa shape index (κ3) is 6.32. The van der Waals surface area contributed by atoms with E-state index in [2.05, 4.69) is 30.2 Å². The van der Waals surface area contributed by atoms with Gasteiger partial charge in [0.25, 0.3) is 0 Å². The van der Waals surface area contributed by atoms with Gasteiger partial charge in [0.15, 0.2) is 5.60 Å². The second-order valence-corrected chi connectivity index (χ2v) is 14.4. The summed E-state index contributed by atoms with van der Waals surface area (Å²) < 4.78 is 11.7. The quantitative estimate of drug-likeness (QED) is 0.249.